The van der Waals surface area contributed by atoms with E-state index < -0.39 is 0 Å². The third-order valence-electron chi connectivity index (χ3n) is 5.13. The molecule has 28 heavy (non-hydrogen) atoms. The summed E-state index contributed by atoms with van der Waals surface area (Å²) in [4.78, 5) is 16.8. The van der Waals surface area contributed by atoms with Gasteiger partial charge in [-0.2, -0.15) is 0 Å². The summed E-state index contributed by atoms with van der Waals surface area (Å²) in [7, 11) is 3.17. The minimum atomic E-state index is -0.0953. The maximum atomic E-state index is 12.6. The van der Waals surface area contributed by atoms with Gasteiger partial charge in [-0.1, -0.05) is 26.0 Å². The monoisotopic (exact) mass is 383 g/mol. The number of methoxy groups -OCH3 is 2. The zero-order valence-electron chi connectivity index (χ0n) is 17.1. The Labute approximate surface area is 167 Å². The molecule has 3 rings (SSSR count). The van der Waals surface area contributed by atoms with E-state index in [0.717, 1.165) is 13.1 Å². The predicted molar refractivity (Wildman–Crippen MR) is 113 cm³/mol. The summed E-state index contributed by atoms with van der Waals surface area (Å²) >= 11 is 0. The van der Waals surface area contributed by atoms with Gasteiger partial charge in [0.25, 0.3) is 0 Å². The molecule has 0 aromatic heterocycles. The number of carbonyl (C=O) groups excluding carboxylic acids is 1. The van der Waals surface area contributed by atoms with E-state index in [-0.39, 0.29) is 6.03 Å². The first-order valence-electron chi connectivity index (χ1n) is 9.64. The van der Waals surface area contributed by atoms with Gasteiger partial charge in [0, 0.05) is 43.6 Å². The number of amides is 2. The molecule has 2 aromatic carbocycles. The molecule has 2 amide bonds. The lowest BCUT2D eigenvalue weighted by atomic mass is 10.0. The SMILES string of the molecule is COc1ccc(NC(=O)N2CCN(c3ccc(C(C)C)cc3)CC2)cc1OC. The predicted octanol–water partition coefficient (Wildman–Crippen LogP) is 4.18. The van der Waals surface area contributed by atoms with Crippen LogP contribution in [0.5, 0.6) is 11.5 Å². The highest BCUT2D eigenvalue weighted by molar-refractivity contribution is 5.90. The van der Waals surface area contributed by atoms with Crippen molar-refractivity contribution in [2.24, 2.45) is 0 Å². The molecule has 6 nitrogen and oxygen atoms in total. The summed E-state index contributed by atoms with van der Waals surface area (Å²) in [6, 6.07) is 14.0. The van der Waals surface area contributed by atoms with E-state index in [1.165, 1.54) is 11.3 Å². The molecule has 6 heteroatoms. The van der Waals surface area contributed by atoms with Crippen LogP contribution in [0.2, 0.25) is 0 Å². The van der Waals surface area contributed by atoms with Crippen molar-refractivity contribution in [2.45, 2.75) is 19.8 Å². The molecule has 0 radical (unpaired) electrons. The topological polar surface area (TPSA) is 54.0 Å². The molecule has 1 N–H and O–H groups in total. The lowest BCUT2D eigenvalue weighted by Gasteiger charge is -2.36. The minimum absolute atomic E-state index is 0.0953. The van der Waals surface area contributed by atoms with Crippen LogP contribution in [0.4, 0.5) is 16.2 Å². The maximum Gasteiger partial charge on any atom is 0.321 e. The van der Waals surface area contributed by atoms with Crippen molar-refractivity contribution in [2.75, 3.05) is 50.6 Å². The minimum Gasteiger partial charge on any atom is -0.493 e. The summed E-state index contributed by atoms with van der Waals surface area (Å²) in [6.07, 6.45) is 0. The number of piperazine rings is 1. The molecular formula is C22H29N3O3. The van der Waals surface area contributed by atoms with Crippen LogP contribution in [0.25, 0.3) is 0 Å². The number of carbonyl (C=O) groups is 1. The molecule has 1 heterocycles. The number of rotatable bonds is 5. The molecule has 1 aliphatic heterocycles. The first kappa shape index (κ1) is 19.9. The van der Waals surface area contributed by atoms with Crippen LogP contribution >= 0.6 is 0 Å². The van der Waals surface area contributed by atoms with Crippen LogP contribution in [-0.4, -0.2) is 51.3 Å². The van der Waals surface area contributed by atoms with Gasteiger partial charge in [-0.15, -0.1) is 0 Å². The first-order valence-corrected chi connectivity index (χ1v) is 9.64. The zero-order valence-corrected chi connectivity index (χ0v) is 17.1. The molecule has 1 aliphatic rings. The average Bonchev–Trinajstić information content (AvgIpc) is 2.73. The number of benzene rings is 2. The van der Waals surface area contributed by atoms with Crippen LogP contribution in [0.3, 0.4) is 0 Å². The van der Waals surface area contributed by atoms with E-state index in [1.54, 1.807) is 26.4 Å². The molecule has 0 atom stereocenters. The Balaban J connectivity index is 1.56. The summed E-state index contributed by atoms with van der Waals surface area (Å²) in [5.41, 5.74) is 3.25. The number of hydrogen-bond acceptors (Lipinski definition) is 4. The van der Waals surface area contributed by atoms with Gasteiger partial charge in [-0.3, -0.25) is 0 Å². The normalized spacial score (nSPS) is 14.2. The van der Waals surface area contributed by atoms with E-state index in [0.29, 0.717) is 36.2 Å². The lowest BCUT2D eigenvalue weighted by molar-refractivity contribution is 0.208. The van der Waals surface area contributed by atoms with E-state index in [4.69, 9.17) is 9.47 Å². The number of urea groups is 1. The van der Waals surface area contributed by atoms with E-state index in [2.05, 4.69) is 48.3 Å². The lowest BCUT2D eigenvalue weighted by Crippen LogP contribution is -2.50. The van der Waals surface area contributed by atoms with Gasteiger partial charge in [-0.05, 0) is 35.7 Å². The van der Waals surface area contributed by atoms with Gasteiger partial charge < -0.3 is 24.6 Å². The third kappa shape index (κ3) is 4.50. The Morgan fingerprint density at radius 3 is 2.14 bits per heavy atom. The first-order chi connectivity index (χ1) is 13.5. The Bertz CT molecular complexity index is 797. The average molecular weight is 383 g/mol. The Morgan fingerprint density at radius 1 is 0.929 bits per heavy atom. The van der Waals surface area contributed by atoms with Crippen LogP contribution < -0.4 is 19.7 Å². The standard InChI is InChI=1S/C22H29N3O3/c1-16(2)17-5-8-19(9-6-17)24-11-13-25(14-12-24)22(26)23-18-7-10-20(27-3)21(15-18)28-4/h5-10,15-16H,11-14H2,1-4H3,(H,23,26). The fourth-order valence-electron chi connectivity index (χ4n) is 3.35. The van der Waals surface area contributed by atoms with Crippen LogP contribution in [0, 0.1) is 0 Å². The Kier molecular flexibility index (Phi) is 6.29. The van der Waals surface area contributed by atoms with E-state index in [1.807, 2.05) is 11.0 Å². The second-order valence-corrected chi connectivity index (χ2v) is 7.22. The third-order valence-corrected chi connectivity index (χ3v) is 5.13. The van der Waals surface area contributed by atoms with Gasteiger partial charge >= 0.3 is 6.03 Å². The zero-order chi connectivity index (χ0) is 20.1. The highest BCUT2D eigenvalue weighted by Crippen LogP contribution is 2.30. The summed E-state index contributed by atoms with van der Waals surface area (Å²) in [5, 5.41) is 2.95. The van der Waals surface area contributed by atoms with Crippen LogP contribution in [-0.2, 0) is 0 Å². The highest BCUT2D eigenvalue weighted by atomic mass is 16.5. The molecule has 0 bridgehead atoms. The molecule has 1 fully saturated rings. The molecule has 1 saturated heterocycles. The van der Waals surface area contributed by atoms with Crippen LogP contribution in [0.1, 0.15) is 25.3 Å². The number of hydrogen-bond donors (Lipinski definition) is 1. The van der Waals surface area contributed by atoms with E-state index in [9.17, 15) is 4.79 Å². The van der Waals surface area contributed by atoms with Crippen molar-refractivity contribution in [3.63, 3.8) is 0 Å². The summed E-state index contributed by atoms with van der Waals surface area (Å²) < 4.78 is 10.5. The second kappa shape index (κ2) is 8.87. The molecule has 0 spiro atoms. The Morgan fingerprint density at radius 2 is 1.57 bits per heavy atom. The van der Waals surface area contributed by atoms with Gasteiger partial charge in [0.05, 0.1) is 14.2 Å². The number of nitrogens with zero attached hydrogens (tertiary/aromatic N) is 2. The molecular weight excluding hydrogens is 354 g/mol. The van der Waals surface area contributed by atoms with Crippen LogP contribution in [0.15, 0.2) is 42.5 Å². The summed E-state index contributed by atoms with van der Waals surface area (Å²) in [6.45, 7) is 7.41. The van der Waals surface area contributed by atoms with Crippen molar-refractivity contribution in [3.05, 3.63) is 48.0 Å². The van der Waals surface area contributed by atoms with Crippen molar-refractivity contribution in [1.82, 2.24) is 4.90 Å². The number of nitrogens with one attached hydrogen (secondary N) is 1. The fourth-order valence-corrected chi connectivity index (χ4v) is 3.35. The Hall–Kier alpha value is -2.89. The van der Waals surface area contributed by atoms with Crippen molar-refractivity contribution in [1.29, 1.82) is 0 Å². The smallest absolute Gasteiger partial charge is 0.321 e. The van der Waals surface area contributed by atoms with E-state index >= 15 is 0 Å². The van der Waals surface area contributed by atoms with Gasteiger partial charge in [0.15, 0.2) is 11.5 Å². The largest absolute Gasteiger partial charge is 0.493 e. The summed E-state index contributed by atoms with van der Waals surface area (Å²) in [5.74, 6) is 1.76. The molecule has 0 unspecified atom stereocenters. The molecule has 2 aromatic rings. The molecule has 0 aliphatic carbocycles. The number of ether oxygens (including phenoxy) is 2. The number of anilines is 2. The van der Waals surface area contributed by atoms with Gasteiger partial charge in [0.2, 0.25) is 0 Å². The van der Waals surface area contributed by atoms with Crippen molar-refractivity contribution in [3.8, 4) is 11.5 Å². The quantitative estimate of drug-likeness (QED) is 0.841. The maximum absolute atomic E-state index is 12.6. The van der Waals surface area contributed by atoms with Crippen molar-refractivity contribution < 1.29 is 14.3 Å². The highest BCUT2D eigenvalue weighted by Gasteiger charge is 2.21. The van der Waals surface area contributed by atoms with Crippen molar-refractivity contribution >= 4 is 17.4 Å². The van der Waals surface area contributed by atoms with Gasteiger partial charge in [-0.25, -0.2) is 4.79 Å². The molecule has 150 valence electrons. The van der Waals surface area contributed by atoms with Gasteiger partial charge in [0.1, 0.15) is 0 Å². The molecule has 0 saturated carbocycles. The second-order valence-electron chi connectivity index (χ2n) is 7.22. The fraction of sp³-hybridized carbons (Fsp3) is 0.409.